The van der Waals surface area contributed by atoms with Crippen LogP contribution in [0, 0.1) is 13.8 Å². The van der Waals surface area contributed by atoms with E-state index in [9.17, 15) is 19.2 Å². The van der Waals surface area contributed by atoms with Gasteiger partial charge in [0, 0.05) is 0 Å². The second kappa shape index (κ2) is 10.5. The zero-order valence-electron chi connectivity index (χ0n) is 19.1. The van der Waals surface area contributed by atoms with Gasteiger partial charge in [0.15, 0.2) is 18.1 Å². The van der Waals surface area contributed by atoms with Gasteiger partial charge in [0.25, 0.3) is 11.8 Å². The van der Waals surface area contributed by atoms with Gasteiger partial charge in [-0.25, -0.2) is 14.5 Å². The van der Waals surface area contributed by atoms with Crippen molar-refractivity contribution < 1.29 is 33.4 Å². The molecule has 178 valence electrons. The van der Waals surface area contributed by atoms with Crippen molar-refractivity contribution in [1.29, 1.82) is 0 Å². The van der Waals surface area contributed by atoms with Crippen molar-refractivity contribution in [2.45, 2.75) is 20.8 Å². The lowest BCUT2D eigenvalue weighted by Crippen LogP contribution is -2.54. The Labute approximate surface area is 204 Å². The van der Waals surface area contributed by atoms with Crippen LogP contribution in [0.5, 0.6) is 11.5 Å². The molecule has 1 fully saturated rings. The fourth-order valence-corrected chi connectivity index (χ4v) is 4.01. The lowest BCUT2D eigenvalue weighted by Gasteiger charge is -2.27. The lowest BCUT2D eigenvalue weighted by atomic mass is 10.0. The first-order valence-corrected chi connectivity index (χ1v) is 11.1. The Balaban J connectivity index is 1.96. The summed E-state index contributed by atoms with van der Waals surface area (Å²) in [6.45, 7) is 5.29. The number of aryl methyl sites for hydroxylation is 2. The topological polar surface area (TPSA) is 111 Å². The molecule has 0 aromatic heterocycles. The van der Waals surface area contributed by atoms with Gasteiger partial charge >= 0.3 is 12.0 Å². The van der Waals surface area contributed by atoms with Crippen molar-refractivity contribution in [1.82, 2.24) is 5.32 Å². The molecule has 0 spiro atoms. The number of nitrogens with one attached hydrogen (secondary N) is 1. The molecule has 34 heavy (non-hydrogen) atoms. The van der Waals surface area contributed by atoms with E-state index in [0.29, 0.717) is 15.7 Å². The fourth-order valence-electron chi connectivity index (χ4n) is 3.44. The average molecular weight is 531 g/mol. The molecule has 0 atom stereocenters. The summed E-state index contributed by atoms with van der Waals surface area (Å²) in [4.78, 5) is 50.7. The number of benzene rings is 2. The highest BCUT2D eigenvalue weighted by atomic mass is 79.9. The third kappa shape index (κ3) is 5.45. The summed E-state index contributed by atoms with van der Waals surface area (Å²) in [6.07, 6.45) is 1.35. The first kappa shape index (κ1) is 25.0. The van der Waals surface area contributed by atoms with E-state index in [1.807, 2.05) is 19.9 Å². The summed E-state index contributed by atoms with van der Waals surface area (Å²) >= 11 is 3.36. The number of ether oxygens (including phenoxy) is 3. The summed E-state index contributed by atoms with van der Waals surface area (Å²) in [7, 11) is 1.41. The van der Waals surface area contributed by atoms with Gasteiger partial charge in [0.2, 0.25) is 0 Å². The van der Waals surface area contributed by atoms with E-state index in [1.165, 1.54) is 19.3 Å². The second-order valence-electron chi connectivity index (χ2n) is 7.43. The zero-order valence-corrected chi connectivity index (χ0v) is 20.6. The molecule has 0 unspecified atom stereocenters. The Kier molecular flexibility index (Phi) is 7.72. The summed E-state index contributed by atoms with van der Waals surface area (Å²) in [5.41, 5.74) is 2.29. The average Bonchev–Trinajstić information content (AvgIpc) is 2.75. The van der Waals surface area contributed by atoms with Crippen molar-refractivity contribution in [2.24, 2.45) is 0 Å². The van der Waals surface area contributed by atoms with Crippen molar-refractivity contribution in [3.8, 4) is 11.5 Å². The number of urea groups is 1. The Morgan fingerprint density at radius 2 is 1.76 bits per heavy atom. The van der Waals surface area contributed by atoms with E-state index in [1.54, 1.807) is 25.1 Å². The number of carbonyl (C=O) groups is 4. The normalized spacial score (nSPS) is 14.8. The molecule has 9 nitrogen and oxygen atoms in total. The molecule has 1 N–H and O–H groups in total. The number of carbonyl (C=O) groups excluding carboxylic acids is 4. The molecule has 10 heteroatoms. The van der Waals surface area contributed by atoms with Crippen LogP contribution in [0.3, 0.4) is 0 Å². The largest absolute Gasteiger partial charge is 0.493 e. The number of anilines is 1. The number of esters is 1. The Bertz CT molecular complexity index is 1190. The van der Waals surface area contributed by atoms with Crippen LogP contribution in [0.2, 0.25) is 0 Å². The van der Waals surface area contributed by atoms with E-state index in [2.05, 4.69) is 21.2 Å². The van der Waals surface area contributed by atoms with Gasteiger partial charge in [-0.15, -0.1) is 0 Å². The van der Waals surface area contributed by atoms with Crippen molar-refractivity contribution >= 4 is 51.5 Å². The van der Waals surface area contributed by atoms with Crippen molar-refractivity contribution in [2.75, 3.05) is 25.2 Å². The molecular weight excluding hydrogens is 508 g/mol. The van der Waals surface area contributed by atoms with E-state index < -0.39 is 23.8 Å². The molecule has 2 aromatic rings. The van der Waals surface area contributed by atoms with Crippen LogP contribution < -0.4 is 19.7 Å². The van der Waals surface area contributed by atoms with E-state index >= 15 is 0 Å². The van der Waals surface area contributed by atoms with E-state index in [0.717, 1.165) is 16.0 Å². The zero-order chi connectivity index (χ0) is 25.0. The number of imide groups is 2. The van der Waals surface area contributed by atoms with Crippen LogP contribution in [-0.4, -0.2) is 44.1 Å². The monoisotopic (exact) mass is 530 g/mol. The minimum atomic E-state index is -0.821. The maximum absolute atomic E-state index is 13.2. The maximum Gasteiger partial charge on any atom is 0.344 e. The van der Waals surface area contributed by atoms with Gasteiger partial charge in [-0.2, -0.15) is 0 Å². The van der Waals surface area contributed by atoms with Crippen LogP contribution in [0.25, 0.3) is 6.08 Å². The van der Waals surface area contributed by atoms with Crippen molar-refractivity contribution in [3.05, 3.63) is 57.1 Å². The predicted octanol–water partition coefficient (Wildman–Crippen LogP) is 3.68. The molecule has 0 radical (unpaired) electrons. The highest BCUT2D eigenvalue weighted by Crippen LogP contribution is 2.37. The van der Waals surface area contributed by atoms with Crippen LogP contribution in [0.1, 0.15) is 23.6 Å². The lowest BCUT2D eigenvalue weighted by molar-refractivity contribution is -0.145. The third-order valence-electron chi connectivity index (χ3n) is 4.77. The quantitative estimate of drug-likeness (QED) is 0.330. The van der Waals surface area contributed by atoms with Gasteiger partial charge in [0.1, 0.15) is 5.57 Å². The number of hydrogen-bond donors (Lipinski definition) is 1. The van der Waals surface area contributed by atoms with Crippen LogP contribution in [0.4, 0.5) is 10.5 Å². The first-order valence-electron chi connectivity index (χ1n) is 10.3. The summed E-state index contributed by atoms with van der Waals surface area (Å²) in [6, 6.07) is 7.59. The Morgan fingerprint density at radius 3 is 2.38 bits per heavy atom. The number of barbiturate groups is 1. The number of halogens is 1. The van der Waals surface area contributed by atoms with Gasteiger partial charge in [0.05, 0.1) is 23.9 Å². The second-order valence-corrected chi connectivity index (χ2v) is 8.29. The van der Waals surface area contributed by atoms with E-state index in [-0.39, 0.29) is 30.3 Å². The number of rotatable bonds is 7. The Morgan fingerprint density at radius 1 is 1.09 bits per heavy atom. The molecule has 1 aliphatic heterocycles. The third-order valence-corrected chi connectivity index (χ3v) is 5.36. The molecule has 1 heterocycles. The van der Waals surface area contributed by atoms with Gasteiger partial charge < -0.3 is 14.2 Å². The van der Waals surface area contributed by atoms with Crippen molar-refractivity contribution in [3.63, 3.8) is 0 Å². The number of amides is 4. The molecule has 0 bridgehead atoms. The van der Waals surface area contributed by atoms with Crippen LogP contribution in [-0.2, 0) is 19.1 Å². The molecule has 3 rings (SSSR count). The smallest absolute Gasteiger partial charge is 0.344 e. The molecule has 4 amide bonds. The number of methoxy groups -OCH3 is 1. The number of nitrogens with zero attached hydrogens (tertiary/aromatic N) is 1. The van der Waals surface area contributed by atoms with E-state index in [4.69, 9.17) is 14.2 Å². The Hall–Kier alpha value is -3.66. The molecule has 1 aliphatic rings. The number of hydrogen-bond acceptors (Lipinski definition) is 7. The van der Waals surface area contributed by atoms with Gasteiger partial charge in [-0.3, -0.25) is 14.9 Å². The molecule has 0 saturated carbocycles. The predicted molar refractivity (Wildman–Crippen MR) is 128 cm³/mol. The highest BCUT2D eigenvalue weighted by Gasteiger charge is 2.37. The van der Waals surface area contributed by atoms with Gasteiger partial charge in [-0.1, -0.05) is 6.07 Å². The maximum atomic E-state index is 13.2. The minimum absolute atomic E-state index is 0.227. The van der Waals surface area contributed by atoms with Crippen LogP contribution >= 0.6 is 15.9 Å². The molecule has 1 saturated heterocycles. The summed E-state index contributed by atoms with van der Waals surface area (Å²) < 4.78 is 16.1. The SMILES string of the molecule is CCOC(=O)COc1c(Br)cc(/C=C2/C(=O)NC(=O)N(c3cc(C)cc(C)c3)C2=O)cc1OC. The fraction of sp³-hybridized carbons (Fsp3) is 0.250. The summed E-state index contributed by atoms with van der Waals surface area (Å²) in [5.74, 6) is -1.59. The molecule has 2 aromatic carbocycles. The minimum Gasteiger partial charge on any atom is -0.493 e. The highest BCUT2D eigenvalue weighted by molar-refractivity contribution is 9.10. The van der Waals surface area contributed by atoms with Gasteiger partial charge in [-0.05, 0) is 83.7 Å². The molecule has 0 aliphatic carbocycles. The molecular formula is C24H23BrN2O7. The first-order chi connectivity index (χ1) is 16.1. The standard InChI is InChI=1S/C24H23BrN2O7/c1-5-33-20(28)12-34-21-18(25)10-15(11-19(21)32-4)9-17-22(29)26-24(31)27(23(17)30)16-7-13(2)6-14(3)8-16/h6-11H,5,12H2,1-4H3,(H,26,29,31)/b17-9-. The van der Waals surface area contributed by atoms with Crippen LogP contribution in [0.15, 0.2) is 40.4 Å². The summed E-state index contributed by atoms with van der Waals surface area (Å²) in [5, 5.41) is 2.21.